The first-order valence-corrected chi connectivity index (χ1v) is 8.51. The van der Waals surface area contributed by atoms with Gasteiger partial charge < -0.3 is 4.98 Å². The van der Waals surface area contributed by atoms with E-state index in [0.717, 1.165) is 12.8 Å². The van der Waals surface area contributed by atoms with E-state index in [1.165, 1.54) is 50.6 Å². The largest absolute Gasteiger partial charge is 0.358 e. The molecule has 2 rings (SSSR count). The van der Waals surface area contributed by atoms with Crippen LogP contribution in [-0.2, 0) is 6.42 Å². The molecule has 0 amide bonds. The Balaban J connectivity index is 2.74. The fourth-order valence-electron chi connectivity index (χ4n) is 3.79. The maximum atomic E-state index is 4.93. The number of nitrogens with one attached hydrogen (secondary N) is 1. The van der Waals surface area contributed by atoms with Crippen LogP contribution in [0.15, 0.2) is 21.8 Å². The Labute approximate surface area is 135 Å². The standard InChI is InChI=1S/C20H30N2/c1-9-16-12(5)19(21-14(16)7)18(11(3)4)20-13(6)17(10-2)15(8)22-20/h11,21H,9-10H2,1-8H3/b20-18-. The number of hydrogen-bond donors (Lipinski definition) is 1. The van der Waals surface area contributed by atoms with Crippen molar-refractivity contribution in [2.75, 3.05) is 0 Å². The van der Waals surface area contributed by atoms with Crippen molar-refractivity contribution in [1.29, 1.82) is 0 Å². The van der Waals surface area contributed by atoms with E-state index in [9.17, 15) is 0 Å². The van der Waals surface area contributed by atoms with Crippen molar-refractivity contribution in [2.24, 2.45) is 10.9 Å². The molecule has 0 unspecified atom stereocenters. The van der Waals surface area contributed by atoms with Crippen LogP contribution in [0.25, 0.3) is 5.57 Å². The summed E-state index contributed by atoms with van der Waals surface area (Å²) in [6.07, 6.45) is 2.13. The minimum Gasteiger partial charge on any atom is -0.358 e. The van der Waals surface area contributed by atoms with Crippen molar-refractivity contribution < 1.29 is 0 Å². The van der Waals surface area contributed by atoms with Gasteiger partial charge in [0.1, 0.15) is 0 Å². The Kier molecular flexibility index (Phi) is 4.79. The molecule has 0 bridgehead atoms. The fraction of sp³-hybridized carbons (Fsp3) is 0.550. The Morgan fingerprint density at radius 1 is 1.05 bits per heavy atom. The van der Waals surface area contributed by atoms with Gasteiger partial charge in [-0.05, 0) is 68.7 Å². The minimum atomic E-state index is 0.444. The zero-order chi connectivity index (χ0) is 16.6. The Bertz CT molecular complexity index is 679. The smallest absolute Gasteiger partial charge is 0.0720 e. The topological polar surface area (TPSA) is 28.1 Å². The molecule has 0 radical (unpaired) electrons. The predicted octanol–water partition coefficient (Wildman–Crippen LogP) is 5.76. The average Bonchev–Trinajstić information content (AvgIpc) is 2.87. The lowest BCUT2D eigenvalue weighted by molar-refractivity contribution is 0.839. The van der Waals surface area contributed by atoms with Crippen molar-refractivity contribution in [3.63, 3.8) is 0 Å². The van der Waals surface area contributed by atoms with Crippen molar-refractivity contribution in [3.05, 3.63) is 39.4 Å². The molecule has 1 N–H and O–H groups in total. The number of aryl methyl sites for hydroxylation is 1. The molecule has 0 aromatic carbocycles. The van der Waals surface area contributed by atoms with Crippen LogP contribution in [0.5, 0.6) is 0 Å². The van der Waals surface area contributed by atoms with Crippen LogP contribution in [0, 0.1) is 19.8 Å². The third-order valence-corrected chi connectivity index (χ3v) is 4.93. The summed E-state index contributed by atoms with van der Waals surface area (Å²) in [6.45, 7) is 17.8. The normalized spacial score (nSPS) is 17.6. The molecule has 2 heteroatoms. The first-order chi connectivity index (χ1) is 10.3. The summed E-state index contributed by atoms with van der Waals surface area (Å²) in [5.41, 5.74) is 11.9. The van der Waals surface area contributed by atoms with Gasteiger partial charge in [-0.1, -0.05) is 27.7 Å². The number of nitrogens with zero attached hydrogens (tertiary/aromatic N) is 1. The number of H-pyrrole nitrogens is 1. The second-order valence-corrected chi connectivity index (χ2v) is 6.65. The Hall–Kier alpha value is -1.57. The quantitative estimate of drug-likeness (QED) is 0.732. The highest BCUT2D eigenvalue weighted by Gasteiger charge is 2.24. The molecule has 120 valence electrons. The number of aromatic nitrogens is 1. The van der Waals surface area contributed by atoms with Crippen molar-refractivity contribution in [1.82, 2.24) is 4.98 Å². The third kappa shape index (κ3) is 2.60. The van der Waals surface area contributed by atoms with Crippen LogP contribution in [0.3, 0.4) is 0 Å². The van der Waals surface area contributed by atoms with Crippen molar-refractivity contribution in [3.8, 4) is 0 Å². The van der Waals surface area contributed by atoms with E-state index in [2.05, 4.69) is 60.4 Å². The molecule has 1 aliphatic heterocycles. The highest BCUT2D eigenvalue weighted by molar-refractivity contribution is 6.04. The molecule has 1 aromatic rings. The lowest BCUT2D eigenvalue weighted by Gasteiger charge is -2.15. The van der Waals surface area contributed by atoms with Gasteiger partial charge in [0.2, 0.25) is 0 Å². The zero-order valence-electron chi connectivity index (χ0n) is 15.4. The number of rotatable bonds is 4. The van der Waals surface area contributed by atoms with E-state index in [4.69, 9.17) is 4.99 Å². The molecule has 22 heavy (non-hydrogen) atoms. The molecule has 2 heterocycles. The summed E-state index contributed by atoms with van der Waals surface area (Å²) < 4.78 is 0. The maximum Gasteiger partial charge on any atom is 0.0720 e. The van der Waals surface area contributed by atoms with Crippen molar-refractivity contribution in [2.45, 2.75) is 68.2 Å². The third-order valence-electron chi connectivity index (χ3n) is 4.93. The first kappa shape index (κ1) is 16.8. The van der Waals surface area contributed by atoms with Crippen LogP contribution in [-0.4, -0.2) is 10.7 Å². The van der Waals surface area contributed by atoms with Crippen LogP contribution in [0.4, 0.5) is 0 Å². The lowest BCUT2D eigenvalue weighted by atomic mass is 9.91. The zero-order valence-corrected chi connectivity index (χ0v) is 15.4. The highest BCUT2D eigenvalue weighted by Crippen LogP contribution is 2.38. The van der Waals surface area contributed by atoms with Crippen LogP contribution < -0.4 is 0 Å². The van der Waals surface area contributed by atoms with Gasteiger partial charge in [0.15, 0.2) is 0 Å². The number of aliphatic imine (C=N–C) groups is 1. The lowest BCUT2D eigenvalue weighted by Crippen LogP contribution is -2.01. The summed E-state index contributed by atoms with van der Waals surface area (Å²) in [4.78, 5) is 8.57. The molecular formula is C20H30N2. The van der Waals surface area contributed by atoms with Gasteiger partial charge in [0, 0.05) is 22.7 Å². The molecule has 0 saturated carbocycles. The van der Waals surface area contributed by atoms with E-state index in [0.29, 0.717) is 5.92 Å². The van der Waals surface area contributed by atoms with Crippen LogP contribution in [0.2, 0.25) is 0 Å². The number of allylic oxidation sites excluding steroid dienone is 3. The monoisotopic (exact) mass is 298 g/mol. The van der Waals surface area contributed by atoms with E-state index in [-0.39, 0.29) is 0 Å². The summed E-state index contributed by atoms with van der Waals surface area (Å²) in [7, 11) is 0. The highest BCUT2D eigenvalue weighted by atomic mass is 14.8. The SMILES string of the molecule is CCC1=C(C)/C(=C(/c2[nH]c(C)c(CC)c2C)C(C)C)N=C1C. The van der Waals surface area contributed by atoms with Gasteiger partial charge >= 0.3 is 0 Å². The molecule has 0 spiro atoms. The van der Waals surface area contributed by atoms with E-state index >= 15 is 0 Å². The minimum absolute atomic E-state index is 0.444. The first-order valence-electron chi connectivity index (χ1n) is 8.51. The second-order valence-electron chi connectivity index (χ2n) is 6.65. The summed E-state index contributed by atoms with van der Waals surface area (Å²) in [5, 5.41) is 0. The van der Waals surface area contributed by atoms with Gasteiger partial charge in [-0.3, -0.25) is 4.99 Å². The van der Waals surface area contributed by atoms with Gasteiger partial charge in [-0.25, -0.2) is 0 Å². The molecule has 1 aliphatic rings. The summed E-state index contributed by atoms with van der Waals surface area (Å²) in [6, 6.07) is 0. The van der Waals surface area contributed by atoms with E-state index < -0.39 is 0 Å². The molecule has 0 fully saturated rings. The average molecular weight is 298 g/mol. The Morgan fingerprint density at radius 2 is 1.68 bits per heavy atom. The van der Waals surface area contributed by atoms with E-state index in [1.54, 1.807) is 0 Å². The summed E-state index contributed by atoms with van der Waals surface area (Å²) >= 11 is 0. The second kappa shape index (κ2) is 6.28. The van der Waals surface area contributed by atoms with E-state index in [1.807, 2.05) is 0 Å². The molecular weight excluding hydrogens is 268 g/mol. The van der Waals surface area contributed by atoms with Crippen LogP contribution >= 0.6 is 0 Å². The molecule has 0 saturated heterocycles. The molecule has 0 aliphatic carbocycles. The maximum absolute atomic E-state index is 4.93. The molecule has 1 aromatic heterocycles. The summed E-state index contributed by atoms with van der Waals surface area (Å²) in [5.74, 6) is 0.444. The predicted molar refractivity (Wildman–Crippen MR) is 97.5 cm³/mol. The number of aromatic amines is 1. The van der Waals surface area contributed by atoms with Gasteiger partial charge in [-0.15, -0.1) is 0 Å². The molecule has 2 nitrogen and oxygen atoms in total. The fourth-order valence-corrected chi connectivity index (χ4v) is 3.79. The van der Waals surface area contributed by atoms with Gasteiger partial charge in [0.25, 0.3) is 0 Å². The number of hydrogen-bond acceptors (Lipinski definition) is 1. The van der Waals surface area contributed by atoms with Gasteiger partial charge in [0.05, 0.1) is 5.70 Å². The molecule has 0 atom stereocenters. The van der Waals surface area contributed by atoms with Crippen molar-refractivity contribution >= 4 is 11.3 Å². The van der Waals surface area contributed by atoms with Crippen LogP contribution in [0.1, 0.15) is 70.5 Å². The Morgan fingerprint density at radius 3 is 2.09 bits per heavy atom. The van der Waals surface area contributed by atoms with Gasteiger partial charge in [-0.2, -0.15) is 0 Å².